The van der Waals surface area contributed by atoms with Crippen molar-refractivity contribution in [1.29, 1.82) is 0 Å². The van der Waals surface area contributed by atoms with Crippen molar-refractivity contribution in [1.82, 2.24) is 9.88 Å². The van der Waals surface area contributed by atoms with Gasteiger partial charge in [-0.3, -0.25) is 4.79 Å². The topological polar surface area (TPSA) is 75.6 Å². The lowest BCUT2D eigenvalue weighted by Crippen LogP contribution is -2.48. The zero-order valence-corrected chi connectivity index (χ0v) is 11.0. The highest BCUT2D eigenvalue weighted by atomic mass is 16.3. The van der Waals surface area contributed by atoms with E-state index in [-0.39, 0.29) is 5.91 Å². The van der Waals surface area contributed by atoms with E-state index in [9.17, 15) is 4.79 Å². The van der Waals surface area contributed by atoms with E-state index in [1.165, 1.54) is 6.26 Å². The number of rotatable bonds is 2. The van der Waals surface area contributed by atoms with Gasteiger partial charge in [-0.1, -0.05) is 0 Å². The summed E-state index contributed by atoms with van der Waals surface area (Å²) in [7, 11) is 0. The lowest BCUT2D eigenvalue weighted by Gasteiger charge is -2.35. The Morgan fingerprint density at radius 1 is 1.20 bits per heavy atom. The SMILES string of the molecule is Nc1ccc(N2CCN(C(=O)c3ccco3)CC2)cn1. The van der Waals surface area contributed by atoms with Gasteiger partial charge in [0.2, 0.25) is 0 Å². The molecule has 6 heteroatoms. The number of amides is 1. The summed E-state index contributed by atoms with van der Waals surface area (Å²) in [5, 5.41) is 0. The number of carbonyl (C=O) groups excluding carboxylic acids is 1. The minimum Gasteiger partial charge on any atom is -0.459 e. The molecule has 0 radical (unpaired) electrons. The average Bonchev–Trinajstić information content (AvgIpc) is 3.02. The number of carbonyl (C=O) groups is 1. The van der Waals surface area contributed by atoms with E-state index in [0.29, 0.717) is 24.7 Å². The largest absolute Gasteiger partial charge is 0.459 e. The standard InChI is InChI=1S/C14H16N4O2/c15-13-4-3-11(10-16-13)17-5-7-18(8-6-17)14(19)12-2-1-9-20-12/h1-4,9-10H,5-8H2,(H2,15,16). The van der Waals surface area contributed by atoms with E-state index in [2.05, 4.69) is 9.88 Å². The molecule has 2 aromatic heterocycles. The maximum Gasteiger partial charge on any atom is 0.289 e. The molecule has 3 heterocycles. The van der Waals surface area contributed by atoms with Gasteiger partial charge < -0.3 is 20.0 Å². The molecule has 1 aliphatic heterocycles. The molecule has 1 aliphatic rings. The van der Waals surface area contributed by atoms with Crippen molar-refractivity contribution < 1.29 is 9.21 Å². The number of hydrogen-bond donors (Lipinski definition) is 1. The lowest BCUT2D eigenvalue weighted by molar-refractivity contribution is 0.0714. The summed E-state index contributed by atoms with van der Waals surface area (Å²) in [4.78, 5) is 20.2. The van der Waals surface area contributed by atoms with Crippen LogP contribution in [0.25, 0.3) is 0 Å². The molecule has 0 unspecified atom stereocenters. The van der Waals surface area contributed by atoms with Crippen molar-refractivity contribution >= 4 is 17.4 Å². The van der Waals surface area contributed by atoms with E-state index in [1.54, 1.807) is 29.3 Å². The first-order chi connectivity index (χ1) is 9.74. The second-order valence-corrected chi connectivity index (χ2v) is 4.70. The zero-order chi connectivity index (χ0) is 13.9. The number of anilines is 2. The van der Waals surface area contributed by atoms with Crippen LogP contribution >= 0.6 is 0 Å². The Morgan fingerprint density at radius 3 is 2.60 bits per heavy atom. The van der Waals surface area contributed by atoms with Crippen LogP contribution in [0.3, 0.4) is 0 Å². The first-order valence-electron chi connectivity index (χ1n) is 6.53. The molecule has 0 saturated carbocycles. The second-order valence-electron chi connectivity index (χ2n) is 4.70. The van der Waals surface area contributed by atoms with Crippen LogP contribution in [0.4, 0.5) is 11.5 Å². The molecule has 1 amide bonds. The quantitative estimate of drug-likeness (QED) is 0.889. The van der Waals surface area contributed by atoms with Gasteiger partial charge >= 0.3 is 0 Å². The third-order valence-electron chi connectivity index (χ3n) is 3.43. The molecule has 20 heavy (non-hydrogen) atoms. The first-order valence-corrected chi connectivity index (χ1v) is 6.53. The number of nitrogens with two attached hydrogens (primary N) is 1. The summed E-state index contributed by atoms with van der Waals surface area (Å²) in [6.07, 6.45) is 3.28. The maximum absolute atomic E-state index is 12.1. The van der Waals surface area contributed by atoms with Crippen molar-refractivity contribution in [3.8, 4) is 0 Å². The Balaban J connectivity index is 1.62. The molecule has 104 valence electrons. The molecule has 0 aliphatic carbocycles. The number of piperazine rings is 1. The van der Waals surface area contributed by atoms with Crippen molar-refractivity contribution in [3.63, 3.8) is 0 Å². The van der Waals surface area contributed by atoms with Crippen molar-refractivity contribution in [3.05, 3.63) is 42.5 Å². The average molecular weight is 272 g/mol. The summed E-state index contributed by atoms with van der Waals surface area (Å²) < 4.78 is 5.14. The van der Waals surface area contributed by atoms with Gasteiger partial charge in [0.25, 0.3) is 5.91 Å². The summed E-state index contributed by atoms with van der Waals surface area (Å²) in [6.45, 7) is 2.89. The minimum absolute atomic E-state index is 0.0509. The third-order valence-corrected chi connectivity index (χ3v) is 3.43. The fourth-order valence-electron chi connectivity index (χ4n) is 2.31. The number of hydrogen-bond acceptors (Lipinski definition) is 5. The highest BCUT2D eigenvalue weighted by molar-refractivity contribution is 5.91. The van der Waals surface area contributed by atoms with Crippen LogP contribution in [0, 0.1) is 0 Å². The summed E-state index contributed by atoms with van der Waals surface area (Å²) in [5.74, 6) is 0.859. The molecule has 0 bridgehead atoms. The molecular weight excluding hydrogens is 256 g/mol. The lowest BCUT2D eigenvalue weighted by atomic mass is 10.2. The highest BCUT2D eigenvalue weighted by Gasteiger charge is 2.23. The van der Waals surface area contributed by atoms with Crippen LogP contribution < -0.4 is 10.6 Å². The van der Waals surface area contributed by atoms with Crippen LogP contribution in [0.2, 0.25) is 0 Å². The van der Waals surface area contributed by atoms with Gasteiger partial charge in [0, 0.05) is 26.2 Å². The molecule has 6 nitrogen and oxygen atoms in total. The maximum atomic E-state index is 12.1. The van der Waals surface area contributed by atoms with Crippen molar-refractivity contribution in [2.75, 3.05) is 36.8 Å². The van der Waals surface area contributed by atoms with Gasteiger partial charge in [0.05, 0.1) is 18.1 Å². The van der Waals surface area contributed by atoms with E-state index in [1.807, 2.05) is 6.07 Å². The molecule has 2 N–H and O–H groups in total. The highest BCUT2D eigenvalue weighted by Crippen LogP contribution is 2.17. The Hall–Kier alpha value is -2.50. The van der Waals surface area contributed by atoms with E-state index >= 15 is 0 Å². The Morgan fingerprint density at radius 2 is 2.00 bits per heavy atom. The molecule has 0 atom stereocenters. The number of pyridine rings is 1. The summed E-state index contributed by atoms with van der Waals surface area (Å²) in [5.41, 5.74) is 6.61. The summed E-state index contributed by atoms with van der Waals surface area (Å²) in [6, 6.07) is 7.16. The Bertz CT molecular complexity index is 572. The predicted octanol–water partition coefficient (Wildman–Crippen LogP) is 1.22. The molecule has 0 aromatic carbocycles. The van der Waals surface area contributed by atoms with E-state index in [0.717, 1.165) is 18.8 Å². The molecule has 1 saturated heterocycles. The zero-order valence-electron chi connectivity index (χ0n) is 11.0. The number of nitrogen functional groups attached to an aromatic ring is 1. The van der Waals surface area contributed by atoms with Crippen LogP contribution in [-0.2, 0) is 0 Å². The number of nitrogens with zero attached hydrogens (tertiary/aromatic N) is 3. The molecule has 3 rings (SSSR count). The third kappa shape index (κ3) is 2.45. The van der Waals surface area contributed by atoms with Crippen molar-refractivity contribution in [2.45, 2.75) is 0 Å². The van der Waals surface area contributed by atoms with Gasteiger partial charge in [-0.2, -0.15) is 0 Å². The van der Waals surface area contributed by atoms with Crippen molar-refractivity contribution in [2.24, 2.45) is 0 Å². The van der Waals surface area contributed by atoms with Crippen LogP contribution in [0.15, 0.2) is 41.1 Å². The Labute approximate surface area is 116 Å². The fraction of sp³-hybridized carbons (Fsp3) is 0.286. The second kappa shape index (κ2) is 5.24. The normalized spacial score (nSPS) is 15.4. The van der Waals surface area contributed by atoms with Crippen LogP contribution in [-0.4, -0.2) is 42.0 Å². The first kappa shape index (κ1) is 12.5. The van der Waals surface area contributed by atoms with Gasteiger partial charge in [-0.25, -0.2) is 4.98 Å². The van der Waals surface area contributed by atoms with E-state index in [4.69, 9.17) is 10.2 Å². The van der Waals surface area contributed by atoms with Gasteiger partial charge in [0.15, 0.2) is 5.76 Å². The van der Waals surface area contributed by atoms with Crippen LogP contribution in [0.1, 0.15) is 10.6 Å². The summed E-state index contributed by atoms with van der Waals surface area (Å²) >= 11 is 0. The molecule has 2 aromatic rings. The smallest absolute Gasteiger partial charge is 0.289 e. The minimum atomic E-state index is -0.0509. The molecular formula is C14H16N4O2. The van der Waals surface area contributed by atoms with Gasteiger partial charge in [-0.15, -0.1) is 0 Å². The van der Waals surface area contributed by atoms with Gasteiger partial charge in [-0.05, 0) is 24.3 Å². The van der Waals surface area contributed by atoms with Crippen LogP contribution in [0.5, 0.6) is 0 Å². The van der Waals surface area contributed by atoms with E-state index < -0.39 is 0 Å². The number of furan rings is 1. The molecule has 0 spiro atoms. The molecule has 1 fully saturated rings. The fourth-order valence-corrected chi connectivity index (χ4v) is 2.31. The monoisotopic (exact) mass is 272 g/mol. The Kier molecular flexibility index (Phi) is 3.28. The van der Waals surface area contributed by atoms with Gasteiger partial charge in [0.1, 0.15) is 5.82 Å². The predicted molar refractivity (Wildman–Crippen MR) is 75.5 cm³/mol. The number of aromatic nitrogens is 1.